The first-order chi connectivity index (χ1) is 7.16. The van der Waals surface area contributed by atoms with Crippen molar-refractivity contribution in [2.24, 2.45) is 0 Å². The molecule has 0 aromatic carbocycles. The third kappa shape index (κ3) is 3.04. The molecule has 0 amide bonds. The summed E-state index contributed by atoms with van der Waals surface area (Å²) in [4.78, 5) is 16.6. The van der Waals surface area contributed by atoms with Gasteiger partial charge in [0.25, 0.3) is 0 Å². The Morgan fingerprint density at radius 3 is 2.62 bits per heavy atom. The largest absolute Gasteiger partial charge is 1.00 e. The smallest absolute Gasteiger partial charge is 0.541 e. The molecular weight excluding hydrogens is 219 g/mol. The third-order valence-corrected chi connectivity index (χ3v) is 2.79. The zero-order chi connectivity index (χ0) is 10.8. The van der Waals surface area contributed by atoms with Crippen molar-refractivity contribution >= 4 is 5.97 Å². The topological polar surface area (TPSA) is 84.9 Å². The van der Waals surface area contributed by atoms with E-state index in [1.165, 1.54) is 0 Å². The van der Waals surface area contributed by atoms with Crippen molar-refractivity contribution in [1.82, 2.24) is 20.1 Å². The number of carbonyl (C=O) groups excluding carboxylic acids is 1. The summed E-state index contributed by atoms with van der Waals surface area (Å²) in [5, 5.41) is 16.8. The number of piperidine rings is 1. The molecule has 0 spiro atoms. The van der Waals surface area contributed by atoms with Gasteiger partial charge in [-0.05, 0) is 33.0 Å². The number of likely N-dealkylation sites (tertiary alicyclic amines) is 1. The van der Waals surface area contributed by atoms with E-state index in [4.69, 9.17) is 0 Å². The number of H-pyrrole nitrogens is 1. The Labute approximate surface area is 116 Å². The zero-order valence-electron chi connectivity index (χ0n) is 9.56. The molecule has 0 atom stereocenters. The summed E-state index contributed by atoms with van der Waals surface area (Å²) < 4.78 is 0. The van der Waals surface area contributed by atoms with Gasteiger partial charge in [0.1, 0.15) is 11.8 Å². The number of nitrogens with one attached hydrogen (secondary N) is 1. The summed E-state index contributed by atoms with van der Waals surface area (Å²) in [6, 6.07) is 0. The van der Waals surface area contributed by atoms with Gasteiger partial charge in [0.05, 0.1) is 0 Å². The number of aromatic carboxylic acids is 1. The van der Waals surface area contributed by atoms with Gasteiger partial charge in [-0.2, -0.15) is 5.10 Å². The van der Waals surface area contributed by atoms with Gasteiger partial charge >= 0.3 is 29.6 Å². The Morgan fingerprint density at radius 1 is 1.50 bits per heavy atom. The summed E-state index contributed by atoms with van der Waals surface area (Å²) in [6.45, 7) is 2.01. The standard InChI is InChI=1S/C9H14N4O2.Na/c1-13-4-2-6(3-5-13)7-10-8(9(14)15)12-11-7;/h6H,2-5H2,1H3,(H,14,15)(H,10,11,12);/q;+1/p-1. The molecule has 2 heterocycles. The molecule has 1 aliphatic rings. The predicted octanol–water partition coefficient (Wildman–Crippen LogP) is -4.02. The summed E-state index contributed by atoms with van der Waals surface area (Å²) in [6.07, 6.45) is 1.97. The molecule has 1 N–H and O–H groups in total. The number of carboxylic acid groups (broad SMARTS) is 1. The average molecular weight is 232 g/mol. The molecule has 16 heavy (non-hydrogen) atoms. The molecule has 1 aromatic heterocycles. The fraction of sp³-hybridized carbons (Fsp3) is 0.667. The molecule has 1 saturated heterocycles. The number of rotatable bonds is 2. The van der Waals surface area contributed by atoms with Gasteiger partial charge in [-0.1, -0.05) is 0 Å². The van der Waals surface area contributed by atoms with Gasteiger partial charge in [-0.25, -0.2) is 4.98 Å². The maximum absolute atomic E-state index is 10.5. The number of carboxylic acids is 1. The number of aromatic amines is 1. The predicted molar refractivity (Wildman–Crippen MR) is 50.2 cm³/mol. The fourth-order valence-electron chi connectivity index (χ4n) is 1.83. The van der Waals surface area contributed by atoms with Crippen LogP contribution >= 0.6 is 0 Å². The van der Waals surface area contributed by atoms with Crippen molar-refractivity contribution in [1.29, 1.82) is 0 Å². The summed E-state index contributed by atoms with van der Waals surface area (Å²) >= 11 is 0. The molecule has 1 aliphatic heterocycles. The van der Waals surface area contributed by atoms with E-state index in [9.17, 15) is 9.90 Å². The van der Waals surface area contributed by atoms with E-state index >= 15 is 0 Å². The zero-order valence-corrected chi connectivity index (χ0v) is 11.6. The Bertz CT molecular complexity index is 360. The fourth-order valence-corrected chi connectivity index (χ4v) is 1.83. The molecule has 1 aromatic rings. The molecule has 1 fully saturated rings. The van der Waals surface area contributed by atoms with Crippen molar-refractivity contribution in [3.8, 4) is 0 Å². The molecule has 0 unspecified atom stereocenters. The quantitative estimate of drug-likeness (QED) is 0.525. The minimum Gasteiger partial charge on any atom is -0.541 e. The van der Waals surface area contributed by atoms with Gasteiger partial charge in [0, 0.05) is 5.92 Å². The van der Waals surface area contributed by atoms with E-state index < -0.39 is 5.97 Å². The molecule has 82 valence electrons. The first kappa shape index (κ1) is 13.6. The minimum absolute atomic E-state index is 0. The van der Waals surface area contributed by atoms with Crippen molar-refractivity contribution in [3.63, 3.8) is 0 Å². The summed E-state index contributed by atoms with van der Waals surface area (Å²) in [7, 11) is 2.07. The third-order valence-electron chi connectivity index (χ3n) is 2.79. The Morgan fingerprint density at radius 2 is 2.12 bits per heavy atom. The SMILES string of the molecule is CN1CCC(c2nc(C(=O)[O-])n[nH]2)CC1.[Na+]. The van der Waals surface area contributed by atoms with Gasteiger partial charge < -0.3 is 14.8 Å². The van der Waals surface area contributed by atoms with Crippen LogP contribution in [0.2, 0.25) is 0 Å². The van der Waals surface area contributed by atoms with Crippen LogP contribution in [0, 0.1) is 0 Å². The first-order valence-corrected chi connectivity index (χ1v) is 4.99. The second-order valence-corrected chi connectivity index (χ2v) is 3.91. The summed E-state index contributed by atoms with van der Waals surface area (Å²) in [5.41, 5.74) is 0. The number of hydrogen-bond donors (Lipinski definition) is 1. The monoisotopic (exact) mass is 232 g/mol. The average Bonchev–Trinajstić information content (AvgIpc) is 2.68. The second kappa shape index (κ2) is 5.77. The van der Waals surface area contributed by atoms with Gasteiger partial charge in [0.15, 0.2) is 5.82 Å². The van der Waals surface area contributed by atoms with Crippen LogP contribution in [-0.4, -0.2) is 46.2 Å². The normalized spacial score (nSPS) is 18.1. The van der Waals surface area contributed by atoms with Crippen LogP contribution in [0.1, 0.15) is 35.2 Å². The van der Waals surface area contributed by atoms with E-state index in [1.54, 1.807) is 0 Å². The van der Waals surface area contributed by atoms with Crippen molar-refractivity contribution in [2.75, 3.05) is 20.1 Å². The molecule has 6 nitrogen and oxygen atoms in total. The van der Waals surface area contributed by atoms with E-state index in [2.05, 4.69) is 27.1 Å². The van der Waals surface area contributed by atoms with Crippen molar-refractivity contribution in [2.45, 2.75) is 18.8 Å². The Hall–Kier alpha value is -0.430. The Balaban J connectivity index is 0.00000128. The number of hydrogen-bond acceptors (Lipinski definition) is 5. The van der Waals surface area contributed by atoms with Crippen LogP contribution in [0.5, 0.6) is 0 Å². The molecular formula is C9H13N4NaO2. The van der Waals surface area contributed by atoms with Gasteiger partial charge in [-0.3, -0.25) is 5.10 Å². The molecule has 0 bridgehead atoms. The molecule has 0 radical (unpaired) electrons. The van der Waals surface area contributed by atoms with Crippen LogP contribution in [0.25, 0.3) is 0 Å². The van der Waals surface area contributed by atoms with Crippen LogP contribution in [0.4, 0.5) is 0 Å². The summed E-state index contributed by atoms with van der Waals surface area (Å²) in [5.74, 6) is -0.613. The van der Waals surface area contributed by atoms with Crippen LogP contribution in [-0.2, 0) is 0 Å². The van der Waals surface area contributed by atoms with Gasteiger partial charge in [-0.15, -0.1) is 0 Å². The minimum atomic E-state index is -1.33. The van der Waals surface area contributed by atoms with Crippen molar-refractivity contribution in [3.05, 3.63) is 11.6 Å². The molecule has 0 aliphatic carbocycles. The van der Waals surface area contributed by atoms with Crippen LogP contribution in [0.15, 0.2) is 0 Å². The van der Waals surface area contributed by atoms with E-state index in [-0.39, 0.29) is 35.4 Å². The Kier molecular flexibility index (Phi) is 4.91. The molecule has 2 rings (SSSR count). The molecule has 0 saturated carbocycles. The number of nitrogens with zero attached hydrogens (tertiary/aromatic N) is 3. The maximum atomic E-state index is 10.5. The van der Waals surface area contributed by atoms with Gasteiger partial charge in [0.2, 0.25) is 0 Å². The van der Waals surface area contributed by atoms with Crippen LogP contribution in [0.3, 0.4) is 0 Å². The molecule has 7 heteroatoms. The second-order valence-electron chi connectivity index (χ2n) is 3.91. The van der Waals surface area contributed by atoms with Crippen LogP contribution < -0.4 is 34.7 Å². The van der Waals surface area contributed by atoms with Crippen molar-refractivity contribution < 1.29 is 39.5 Å². The number of aromatic nitrogens is 3. The first-order valence-electron chi connectivity index (χ1n) is 4.99. The number of carbonyl (C=O) groups is 1. The van der Waals surface area contributed by atoms with E-state index in [0.717, 1.165) is 25.9 Å². The van der Waals surface area contributed by atoms with E-state index in [1.807, 2.05) is 0 Å². The maximum Gasteiger partial charge on any atom is 1.00 e. The van der Waals surface area contributed by atoms with E-state index in [0.29, 0.717) is 11.7 Å².